The minimum Gasteiger partial charge on any atom is -0.497 e. The molecule has 0 atom stereocenters. The van der Waals surface area contributed by atoms with E-state index < -0.39 is 5.97 Å². The number of carbonyl (C=O) groups excluding carboxylic acids is 1. The fourth-order valence-corrected chi connectivity index (χ4v) is 1.77. The highest BCUT2D eigenvalue weighted by atomic mass is 16.5. The number of benzene rings is 1. The molecule has 0 radical (unpaired) electrons. The first kappa shape index (κ1) is 15.2. The van der Waals surface area contributed by atoms with Gasteiger partial charge in [-0.1, -0.05) is 12.1 Å². The number of carboxylic acids is 1. The van der Waals surface area contributed by atoms with Crippen molar-refractivity contribution in [2.45, 2.75) is 19.9 Å². The van der Waals surface area contributed by atoms with Crippen LogP contribution in [-0.4, -0.2) is 42.0 Å². The van der Waals surface area contributed by atoms with E-state index in [0.717, 1.165) is 11.3 Å². The van der Waals surface area contributed by atoms with Crippen LogP contribution >= 0.6 is 0 Å². The number of rotatable bonds is 8. The molecule has 0 spiro atoms. The second-order valence-corrected chi connectivity index (χ2v) is 4.40. The third-order valence-electron chi connectivity index (χ3n) is 2.65. The summed E-state index contributed by atoms with van der Waals surface area (Å²) in [5.41, 5.74) is 1.02. The van der Waals surface area contributed by atoms with Gasteiger partial charge < -0.3 is 9.84 Å². The zero-order valence-electron chi connectivity index (χ0n) is 11.3. The molecule has 5 heteroatoms. The number of aliphatic carboxylic acids is 1. The molecule has 0 aliphatic carbocycles. The molecule has 0 bridgehead atoms. The summed E-state index contributed by atoms with van der Waals surface area (Å²) in [5, 5.41) is 8.70. The molecule has 1 aromatic carbocycles. The smallest absolute Gasteiger partial charge is 0.304 e. The van der Waals surface area contributed by atoms with Crippen molar-refractivity contribution in [3.05, 3.63) is 29.8 Å². The lowest BCUT2D eigenvalue weighted by molar-refractivity contribution is -0.137. The summed E-state index contributed by atoms with van der Waals surface area (Å²) in [6.07, 6.45) is 0.0312. The molecule has 1 rings (SSSR count). The first-order valence-corrected chi connectivity index (χ1v) is 6.07. The molecule has 0 saturated heterocycles. The van der Waals surface area contributed by atoms with Crippen LogP contribution in [0.3, 0.4) is 0 Å². The van der Waals surface area contributed by atoms with Gasteiger partial charge in [0.15, 0.2) is 0 Å². The lowest BCUT2D eigenvalue weighted by Gasteiger charge is -2.20. The van der Waals surface area contributed by atoms with Gasteiger partial charge in [0.25, 0.3) is 0 Å². The highest BCUT2D eigenvalue weighted by Gasteiger charge is 2.10. The number of hydrogen-bond acceptors (Lipinski definition) is 4. The van der Waals surface area contributed by atoms with Crippen LogP contribution in [-0.2, 0) is 16.1 Å². The number of carbonyl (C=O) groups is 2. The molecule has 0 aliphatic rings. The number of Topliss-reactive ketones (excluding diaryl/α,β-unsaturated/α-hetero) is 1. The topological polar surface area (TPSA) is 66.8 Å². The monoisotopic (exact) mass is 265 g/mol. The Morgan fingerprint density at radius 3 is 2.37 bits per heavy atom. The van der Waals surface area contributed by atoms with E-state index in [0.29, 0.717) is 13.1 Å². The van der Waals surface area contributed by atoms with Crippen LogP contribution in [0.4, 0.5) is 0 Å². The maximum absolute atomic E-state index is 11.2. The Labute approximate surface area is 112 Å². The van der Waals surface area contributed by atoms with Crippen LogP contribution < -0.4 is 4.74 Å². The SMILES string of the molecule is COc1ccc(CN(CCC(=O)O)CC(C)=O)cc1. The Balaban J connectivity index is 2.63. The van der Waals surface area contributed by atoms with E-state index in [1.807, 2.05) is 29.2 Å². The average molecular weight is 265 g/mol. The Bertz CT molecular complexity index is 428. The molecule has 0 fully saturated rings. The molecule has 0 saturated carbocycles. The lowest BCUT2D eigenvalue weighted by Crippen LogP contribution is -2.30. The summed E-state index contributed by atoms with van der Waals surface area (Å²) < 4.78 is 5.07. The molecule has 19 heavy (non-hydrogen) atoms. The molecular weight excluding hydrogens is 246 g/mol. The second-order valence-electron chi connectivity index (χ2n) is 4.40. The summed E-state index contributed by atoms with van der Waals surface area (Å²) in [6.45, 7) is 2.68. The van der Waals surface area contributed by atoms with Gasteiger partial charge in [-0.25, -0.2) is 0 Å². The van der Waals surface area contributed by atoms with Gasteiger partial charge in [0.2, 0.25) is 0 Å². The van der Waals surface area contributed by atoms with Crippen LogP contribution in [0.25, 0.3) is 0 Å². The first-order chi connectivity index (χ1) is 9.01. The van der Waals surface area contributed by atoms with Crippen LogP contribution in [0.1, 0.15) is 18.9 Å². The van der Waals surface area contributed by atoms with Crippen LogP contribution in [0.5, 0.6) is 5.75 Å². The minimum atomic E-state index is -0.858. The maximum atomic E-state index is 11.2. The van der Waals surface area contributed by atoms with Gasteiger partial charge in [0.05, 0.1) is 20.1 Å². The number of ketones is 1. The number of carboxylic acid groups (broad SMARTS) is 1. The first-order valence-electron chi connectivity index (χ1n) is 6.07. The highest BCUT2D eigenvalue weighted by molar-refractivity contribution is 5.77. The van der Waals surface area contributed by atoms with Crippen molar-refractivity contribution in [1.82, 2.24) is 4.90 Å². The molecule has 104 valence electrons. The second kappa shape index (κ2) is 7.53. The average Bonchev–Trinajstić information content (AvgIpc) is 2.36. The van der Waals surface area contributed by atoms with Crippen LogP contribution in [0.2, 0.25) is 0 Å². The fourth-order valence-electron chi connectivity index (χ4n) is 1.77. The third-order valence-corrected chi connectivity index (χ3v) is 2.65. The zero-order valence-corrected chi connectivity index (χ0v) is 11.3. The highest BCUT2D eigenvalue weighted by Crippen LogP contribution is 2.13. The Morgan fingerprint density at radius 1 is 1.26 bits per heavy atom. The van der Waals surface area contributed by atoms with Crippen molar-refractivity contribution in [2.75, 3.05) is 20.2 Å². The van der Waals surface area contributed by atoms with Crippen molar-refractivity contribution in [3.8, 4) is 5.75 Å². The molecule has 5 nitrogen and oxygen atoms in total. The Kier molecular flexibility index (Phi) is 6.02. The molecule has 0 amide bonds. The zero-order chi connectivity index (χ0) is 14.3. The van der Waals surface area contributed by atoms with Crippen molar-refractivity contribution >= 4 is 11.8 Å². The third kappa shape index (κ3) is 6.01. The summed E-state index contributed by atoms with van der Waals surface area (Å²) in [7, 11) is 1.60. The van der Waals surface area contributed by atoms with E-state index in [9.17, 15) is 9.59 Å². The number of methoxy groups -OCH3 is 1. The normalized spacial score (nSPS) is 10.5. The predicted molar refractivity (Wildman–Crippen MR) is 71.2 cm³/mol. The molecule has 1 N–H and O–H groups in total. The summed E-state index contributed by atoms with van der Waals surface area (Å²) in [4.78, 5) is 23.6. The van der Waals surface area contributed by atoms with Gasteiger partial charge in [-0.05, 0) is 24.6 Å². The van der Waals surface area contributed by atoms with E-state index in [4.69, 9.17) is 9.84 Å². The van der Waals surface area contributed by atoms with E-state index in [-0.39, 0.29) is 18.7 Å². The fraction of sp³-hybridized carbons (Fsp3) is 0.429. The Hall–Kier alpha value is -1.88. The molecular formula is C14H19NO4. The summed E-state index contributed by atoms with van der Waals surface area (Å²) >= 11 is 0. The summed E-state index contributed by atoms with van der Waals surface area (Å²) in [6, 6.07) is 7.51. The van der Waals surface area contributed by atoms with Crippen molar-refractivity contribution < 1.29 is 19.4 Å². The van der Waals surface area contributed by atoms with Gasteiger partial charge in [-0.3, -0.25) is 14.5 Å². The van der Waals surface area contributed by atoms with Gasteiger partial charge in [-0.2, -0.15) is 0 Å². The van der Waals surface area contributed by atoms with E-state index in [1.165, 1.54) is 6.92 Å². The molecule has 0 aliphatic heterocycles. The standard InChI is InChI=1S/C14H19NO4/c1-11(16)9-15(8-7-14(17)18)10-12-3-5-13(19-2)6-4-12/h3-6H,7-10H2,1-2H3,(H,17,18). The van der Waals surface area contributed by atoms with Gasteiger partial charge in [0, 0.05) is 13.1 Å². The van der Waals surface area contributed by atoms with Gasteiger partial charge in [-0.15, -0.1) is 0 Å². The number of hydrogen-bond donors (Lipinski definition) is 1. The molecule has 0 aromatic heterocycles. The maximum Gasteiger partial charge on any atom is 0.304 e. The van der Waals surface area contributed by atoms with Gasteiger partial charge >= 0.3 is 5.97 Å². The summed E-state index contributed by atoms with van der Waals surface area (Å²) in [5.74, 6) is -0.0606. The predicted octanol–water partition coefficient (Wildman–Crippen LogP) is 1.56. The lowest BCUT2D eigenvalue weighted by atomic mass is 10.2. The van der Waals surface area contributed by atoms with E-state index in [1.54, 1.807) is 7.11 Å². The molecule has 1 aromatic rings. The van der Waals surface area contributed by atoms with Gasteiger partial charge in [0.1, 0.15) is 11.5 Å². The molecule has 0 heterocycles. The van der Waals surface area contributed by atoms with Crippen molar-refractivity contribution in [3.63, 3.8) is 0 Å². The van der Waals surface area contributed by atoms with Crippen LogP contribution in [0, 0.1) is 0 Å². The molecule has 0 unspecified atom stereocenters. The quantitative estimate of drug-likeness (QED) is 0.772. The number of nitrogens with zero attached hydrogens (tertiary/aromatic N) is 1. The van der Waals surface area contributed by atoms with Crippen LogP contribution in [0.15, 0.2) is 24.3 Å². The van der Waals surface area contributed by atoms with E-state index in [2.05, 4.69) is 0 Å². The Morgan fingerprint density at radius 2 is 1.89 bits per heavy atom. The van der Waals surface area contributed by atoms with Crippen molar-refractivity contribution in [1.29, 1.82) is 0 Å². The minimum absolute atomic E-state index is 0.0268. The van der Waals surface area contributed by atoms with Crippen molar-refractivity contribution in [2.24, 2.45) is 0 Å². The number of ether oxygens (including phenoxy) is 1. The largest absolute Gasteiger partial charge is 0.497 e. The van der Waals surface area contributed by atoms with E-state index >= 15 is 0 Å².